The SMILES string of the molecule is C[C@H](OC(=O)[C@H](C)Sc1ccc([N+](=O)[O-])cc1)C(=O)NC1CCCCCC1. The first-order chi connectivity index (χ1) is 12.9. The minimum atomic E-state index is -0.847. The fourth-order valence-electron chi connectivity index (χ4n) is 2.96. The van der Waals surface area contributed by atoms with Gasteiger partial charge in [-0.3, -0.25) is 19.7 Å². The van der Waals surface area contributed by atoms with Crippen molar-refractivity contribution >= 4 is 29.3 Å². The molecule has 1 aliphatic rings. The van der Waals surface area contributed by atoms with E-state index in [1.165, 1.54) is 36.7 Å². The maximum Gasteiger partial charge on any atom is 0.319 e. The van der Waals surface area contributed by atoms with Crippen LogP contribution in [0.1, 0.15) is 52.4 Å². The van der Waals surface area contributed by atoms with Crippen molar-refractivity contribution in [3.8, 4) is 0 Å². The van der Waals surface area contributed by atoms with Crippen molar-refractivity contribution in [2.45, 2.75) is 74.7 Å². The molecule has 8 heteroatoms. The molecular formula is C19H26N2O5S. The summed E-state index contributed by atoms with van der Waals surface area (Å²) in [5, 5.41) is 13.1. The Hall–Kier alpha value is -2.09. The van der Waals surface area contributed by atoms with E-state index in [1.807, 2.05) is 0 Å². The number of amides is 1. The molecule has 1 N–H and O–H groups in total. The number of carbonyl (C=O) groups is 2. The smallest absolute Gasteiger partial charge is 0.319 e. The lowest BCUT2D eigenvalue weighted by Crippen LogP contribution is -2.42. The quantitative estimate of drug-likeness (QED) is 0.248. The molecule has 0 unspecified atom stereocenters. The summed E-state index contributed by atoms with van der Waals surface area (Å²) in [5.74, 6) is -0.746. The second kappa shape index (κ2) is 10.3. The summed E-state index contributed by atoms with van der Waals surface area (Å²) in [4.78, 5) is 35.5. The van der Waals surface area contributed by atoms with Crippen LogP contribution in [0.3, 0.4) is 0 Å². The van der Waals surface area contributed by atoms with E-state index in [-0.39, 0.29) is 17.6 Å². The maximum atomic E-state index is 12.3. The first-order valence-electron chi connectivity index (χ1n) is 9.29. The molecule has 0 bridgehead atoms. The maximum absolute atomic E-state index is 12.3. The highest BCUT2D eigenvalue weighted by Gasteiger charge is 2.25. The van der Waals surface area contributed by atoms with Crippen LogP contribution in [0.15, 0.2) is 29.2 Å². The molecule has 1 aromatic carbocycles. The Balaban J connectivity index is 1.81. The Morgan fingerprint density at radius 1 is 1.15 bits per heavy atom. The zero-order valence-corrected chi connectivity index (χ0v) is 16.5. The van der Waals surface area contributed by atoms with E-state index in [2.05, 4.69) is 5.32 Å². The van der Waals surface area contributed by atoms with Crippen molar-refractivity contribution in [1.29, 1.82) is 0 Å². The van der Waals surface area contributed by atoms with Gasteiger partial charge in [-0.2, -0.15) is 0 Å². The van der Waals surface area contributed by atoms with E-state index in [0.29, 0.717) is 0 Å². The number of thioether (sulfide) groups is 1. The predicted octanol–water partition coefficient (Wildman–Crippen LogP) is 3.85. The van der Waals surface area contributed by atoms with E-state index >= 15 is 0 Å². The molecule has 1 amide bonds. The summed E-state index contributed by atoms with van der Waals surface area (Å²) in [6, 6.07) is 6.13. The molecule has 2 atom stereocenters. The molecule has 27 heavy (non-hydrogen) atoms. The van der Waals surface area contributed by atoms with Crippen molar-refractivity contribution in [2.24, 2.45) is 0 Å². The number of nitro benzene ring substituents is 1. The number of non-ortho nitro benzene ring substituents is 1. The lowest BCUT2D eigenvalue weighted by Gasteiger charge is -2.20. The van der Waals surface area contributed by atoms with Crippen LogP contribution in [-0.4, -0.2) is 34.2 Å². The zero-order chi connectivity index (χ0) is 19.8. The topological polar surface area (TPSA) is 98.5 Å². The third-order valence-corrected chi connectivity index (χ3v) is 5.65. The van der Waals surface area contributed by atoms with Crippen LogP contribution in [0.25, 0.3) is 0 Å². The van der Waals surface area contributed by atoms with E-state index in [1.54, 1.807) is 26.0 Å². The summed E-state index contributed by atoms with van der Waals surface area (Å²) in [7, 11) is 0. The van der Waals surface area contributed by atoms with Gasteiger partial charge in [-0.15, -0.1) is 11.8 Å². The predicted molar refractivity (Wildman–Crippen MR) is 104 cm³/mol. The van der Waals surface area contributed by atoms with Gasteiger partial charge >= 0.3 is 5.97 Å². The molecule has 1 fully saturated rings. The largest absolute Gasteiger partial charge is 0.452 e. The number of esters is 1. The fraction of sp³-hybridized carbons (Fsp3) is 0.579. The Bertz CT molecular complexity index is 657. The van der Waals surface area contributed by atoms with Crippen molar-refractivity contribution < 1.29 is 19.2 Å². The number of hydrogen-bond donors (Lipinski definition) is 1. The number of nitro groups is 1. The van der Waals surface area contributed by atoms with Gasteiger partial charge in [0.25, 0.3) is 11.6 Å². The van der Waals surface area contributed by atoms with Gasteiger partial charge in [0, 0.05) is 23.1 Å². The Morgan fingerprint density at radius 3 is 2.30 bits per heavy atom. The number of benzene rings is 1. The highest BCUT2D eigenvalue weighted by molar-refractivity contribution is 8.00. The van der Waals surface area contributed by atoms with Crippen LogP contribution in [0.5, 0.6) is 0 Å². The van der Waals surface area contributed by atoms with E-state index in [4.69, 9.17) is 4.74 Å². The van der Waals surface area contributed by atoms with Crippen LogP contribution in [0.4, 0.5) is 5.69 Å². The molecule has 1 aromatic rings. The van der Waals surface area contributed by atoms with Crippen molar-refractivity contribution in [3.05, 3.63) is 34.4 Å². The van der Waals surface area contributed by atoms with Gasteiger partial charge < -0.3 is 10.1 Å². The highest BCUT2D eigenvalue weighted by atomic mass is 32.2. The fourth-order valence-corrected chi connectivity index (χ4v) is 3.82. The van der Waals surface area contributed by atoms with Crippen LogP contribution in [0, 0.1) is 10.1 Å². The van der Waals surface area contributed by atoms with Crippen molar-refractivity contribution in [3.63, 3.8) is 0 Å². The normalized spacial score (nSPS) is 17.4. The zero-order valence-electron chi connectivity index (χ0n) is 15.7. The second-order valence-corrected chi connectivity index (χ2v) is 8.20. The first-order valence-corrected chi connectivity index (χ1v) is 10.2. The Morgan fingerprint density at radius 2 is 1.74 bits per heavy atom. The molecule has 2 rings (SSSR count). The van der Waals surface area contributed by atoms with Gasteiger partial charge in [-0.1, -0.05) is 25.7 Å². The molecular weight excluding hydrogens is 368 g/mol. The van der Waals surface area contributed by atoms with Crippen LogP contribution >= 0.6 is 11.8 Å². The van der Waals surface area contributed by atoms with Gasteiger partial charge in [0.1, 0.15) is 5.25 Å². The highest BCUT2D eigenvalue weighted by Crippen LogP contribution is 2.26. The number of carbonyl (C=O) groups excluding carboxylic acids is 2. The van der Waals surface area contributed by atoms with Gasteiger partial charge in [-0.05, 0) is 38.8 Å². The Labute approximate surface area is 163 Å². The molecule has 0 aliphatic heterocycles. The van der Waals surface area contributed by atoms with Crippen LogP contribution < -0.4 is 5.32 Å². The van der Waals surface area contributed by atoms with E-state index in [0.717, 1.165) is 30.6 Å². The number of ether oxygens (including phenoxy) is 1. The van der Waals surface area contributed by atoms with E-state index in [9.17, 15) is 19.7 Å². The average Bonchev–Trinajstić information content (AvgIpc) is 2.90. The second-order valence-electron chi connectivity index (χ2n) is 6.79. The molecule has 148 valence electrons. The molecule has 0 saturated heterocycles. The number of nitrogens with one attached hydrogen (secondary N) is 1. The first kappa shape index (κ1) is 21.2. The lowest BCUT2D eigenvalue weighted by molar-refractivity contribution is -0.384. The third kappa shape index (κ3) is 6.86. The number of rotatable bonds is 7. The number of nitrogens with zero attached hydrogens (tertiary/aromatic N) is 1. The van der Waals surface area contributed by atoms with Crippen LogP contribution in [0.2, 0.25) is 0 Å². The minimum absolute atomic E-state index is 0.00149. The molecule has 1 saturated carbocycles. The third-order valence-electron chi connectivity index (χ3n) is 4.56. The summed E-state index contributed by atoms with van der Waals surface area (Å²) >= 11 is 1.24. The summed E-state index contributed by atoms with van der Waals surface area (Å²) in [6.07, 6.45) is 5.73. The molecule has 7 nitrogen and oxygen atoms in total. The van der Waals surface area contributed by atoms with Crippen LogP contribution in [-0.2, 0) is 14.3 Å². The monoisotopic (exact) mass is 394 g/mol. The standard InChI is InChI=1S/C19H26N2O5S/c1-13(18(22)20-15-7-5-3-4-6-8-15)26-19(23)14(2)27-17-11-9-16(10-12-17)21(24)25/h9-15H,3-8H2,1-2H3,(H,20,22)/t13-,14-/m0/s1. The van der Waals surface area contributed by atoms with E-state index < -0.39 is 22.2 Å². The molecule has 0 aromatic heterocycles. The van der Waals surface area contributed by atoms with Gasteiger partial charge in [0.2, 0.25) is 0 Å². The van der Waals surface area contributed by atoms with Gasteiger partial charge in [0.05, 0.1) is 4.92 Å². The van der Waals surface area contributed by atoms with Gasteiger partial charge in [-0.25, -0.2) is 0 Å². The molecule has 0 heterocycles. The average molecular weight is 394 g/mol. The van der Waals surface area contributed by atoms with Gasteiger partial charge in [0.15, 0.2) is 6.10 Å². The summed E-state index contributed by atoms with van der Waals surface area (Å²) < 4.78 is 5.30. The molecule has 1 aliphatic carbocycles. The van der Waals surface area contributed by atoms with Crippen molar-refractivity contribution in [2.75, 3.05) is 0 Å². The summed E-state index contributed by atoms with van der Waals surface area (Å²) in [5.41, 5.74) is -0.00149. The lowest BCUT2D eigenvalue weighted by atomic mass is 10.1. The summed E-state index contributed by atoms with van der Waals surface area (Å²) in [6.45, 7) is 3.26. The number of hydrogen-bond acceptors (Lipinski definition) is 6. The van der Waals surface area contributed by atoms with Crippen molar-refractivity contribution in [1.82, 2.24) is 5.32 Å². The molecule has 0 radical (unpaired) electrons. The molecule has 0 spiro atoms. The Kier molecular flexibility index (Phi) is 8.09. The minimum Gasteiger partial charge on any atom is -0.452 e.